The molecule has 1 aliphatic heterocycles. The number of likely N-dealkylation sites (tertiary alicyclic amines) is 1. The van der Waals surface area contributed by atoms with Gasteiger partial charge in [0, 0.05) is 24.6 Å². The predicted molar refractivity (Wildman–Crippen MR) is 127 cm³/mol. The Labute approximate surface area is 190 Å². The van der Waals surface area contributed by atoms with Crippen LogP contribution in [0.5, 0.6) is 0 Å². The molecule has 1 N–H and O–H groups in total. The summed E-state index contributed by atoms with van der Waals surface area (Å²) in [5.74, 6) is 1.81. The van der Waals surface area contributed by atoms with Gasteiger partial charge in [-0.2, -0.15) is 0 Å². The van der Waals surface area contributed by atoms with Crippen molar-refractivity contribution in [1.29, 1.82) is 0 Å². The molecule has 32 heavy (non-hydrogen) atoms. The highest BCUT2D eigenvalue weighted by atomic mass is 16.4. The number of hydrogen-bond acceptors (Lipinski definition) is 4. The maximum atomic E-state index is 12.6. The van der Waals surface area contributed by atoms with Crippen LogP contribution in [0.25, 0.3) is 11.5 Å². The molecule has 2 heterocycles. The average molecular weight is 432 g/mol. The lowest BCUT2D eigenvalue weighted by molar-refractivity contribution is -0.126. The lowest BCUT2D eigenvalue weighted by Gasteiger charge is -2.30. The highest BCUT2D eigenvalue weighted by Gasteiger charge is 2.26. The zero-order valence-corrected chi connectivity index (χ0v) is 19.4. The Kier molecular flexibility index (Phi) is 7.05. The van der Waals surface area contributed by atoms with Crippen molar-refractivity contribution in [3.05, 3.63) is 76.7 Å². The number of piperidine rings is 1. The van der Waals surface area contributed by atoms with Crippen molar-refractivity contribution < 1.29 is 9.21 Å². The molecule has 0 aliphatic carbocycles. The Balaban J connectivity index is 1.27. The van der Waals surface area contributed by atoms with Crippen molar-refractivity contribution in [2.45, 2.75) is 53.1 Å². The van der Waals surface area contributed by atoms with E-state index in [1.165, 1.54) is 11.1 Å². The van der Waals surface area contributed by atoms with Gasteiger partial charge in [-0.15, -0.1) is 0 Å². The van der Waals surface area contributed by atoms with Gasteiger partial charge in [-0.05, 0) is 69.5 Å². The molecular weight excluding hydrogens is 398 g/mol. The third-order valence-corrected chi connectivity index (χ3v) is 6.42. The first-order valence-electron chi connectivity index (χ1n) is 11.6. The molecule has 2 aromatic carbocycles. The van der Waals surface area contributed by atoms with Gasteiger partial charge in [-0.3, -0.25) is 9.69 Å². The third-order valence-electron chi connectivity index (χ3n) is 6.42. The number of rotatable bonds is 7. The van der Waals surface area contributed by atoms with E-state index >= 15 is 0 Å². The van der Waals surface area contributed by atoms with Crippen LogP contribution >= 0.6 is 0 Å². The van der Waals surface area contributed by atoms with Crippen LogP contribution in [-0.2, 0) is 24.3 Å². The summed E-state index contributed by atoms with van der Waals surface area (Å²) in [4.78, 5) is 19.7. The third kappa shape index (κ3) is 5.46. The standard InChI is InChI=1S/C27H33N3O2/c1-4-21-9-11-24(12-10-21)27-29-25(20(3)32-27)18-30-15-13-23(14-16-30)26(31)28-17-22-7-5-19(2)6-8-22/h5-12,23H,4,13-18H2,1-3H3,(H,28,31). The molecule has 1 aromatic heterocycles. The Morgan fingerprint density at radius 3 is 2.34 bits per heavy atom. The molecule has 4 rings (SSSR count). The van der Waals surface area contributed by atoms with Gasteiger partial charge in [-0.25, -0.2) is 4.98 Å². The summed E-state index contributed by atoms with van der Waals surface area (Å²) in [6, 6.07) is 16.7. The molecule has 3 aromatic rings. The van der Waals surface area contributed by atoms with E-state index in [4.69, 9.17) is 9.40 Å². The highest BCUT2D eigenvalue weighted by molar-refractivity contribution is 5.78. The molecule has 1 fully saturated rings. The average Bonchev–Trinajstić information content (AvgIpc) is 3.19. The second-order valence-corrected chi connectivity index (χ2v) is 8.83. The van der Waals surface area contributed by atoms with Gasteiger partial charge in [0.15, 0.2) is 0 Å². The minimum atomic E-state index is 0.0859. The Morgan fingerprint density at radius 1 is 1.03 bits per heavy atom. The Morgan fingerprint density at radius 2 is 1.69 bits per heavy atom. The fraction of sp³-hybridized carbons (Fsp3) is 0.407. The first kappa shape index (κ1) is 22.3. The van der Waals surface area contributed by atoms with Crippen LogP contribution in [-0.4, -0.2) is 28.9 Å². The van der Waals surface area contributed by atoms with Crippen molar-refractivity contribution in [2.24, 2.45) is 5.92 Å². The van der Waals surface area contributed by atoms with Gasteiger partial charge in [0.05, 0.1) is 5.69 Å². The molecule has 1 amide bonds. The van der Waals surface area contributed by atoms with Crippen molar-refractivity contribution in [1.82, 2.24) is 15.2 Å². The monoisotopic (exact) mass is 431 g/mol. The molecule has 5 heteroatoms. The molecule has 0 bridgehead atoms. The number of nitrogens with zero attached hydrogens (tertiary/aromatic N) is 2. The maximum Gasteiger partial charge on any atom is 0.226 e. The van der Waals surface area contributed by atoms with Crippen molar-refractivity contribution in [3.63, 3.8) is 0 Å². The zero-order chi connectivity index (χ0) is 22.5. The molecule has 0 spiro atoms. The number of aromatic nitrogens is 1. The summed E-state index contributed by atoms with van der Waals surface area (Å²) in [5.41, 5.74) is 5.68. The van der Waals surface area contributed by atoms with E-state index in [0.29, 0.717) is 12.4 Å². The molecule has 0 saturated carbocycles. The fourth-order valence-corrected chi connectivity index (χ4v) is 4.19. The normalized spacial score (nSPS) is 15.1. The minimum absolute atomic E-state index is 0.0859. The van der Waals surface area contributed by atoms with Crippen molar-refractivity contribution in [2.75, 3.05) is 13.1 Å². The van der Waals surface area contributed by atoms with Gasteiger partial charge in [0.1, 0.15) is 5.76 Å². The van der Waals surface area contributed by atoms with Gasteiger partial charge in [0.2, 0.25) is 11.8 Å². The van der Waals surface area contributed by atoms with E-state index < -0.39 is 0 Å². The smallest absolute Gasteiger partial charge is 0.226 e. The zero-order valence-electron chi connectivity index (χ0n) is 19.4. The molecule has 1 aliphatic rings. The summed E-state index contributed by atoms with van der Waals surface area (Å²) in [6.45, 7) is 9.36. The number of aryl methyl sites for hydroxylation is 3. The second kappa shape index (κ2) is 10.1. The van der Waals surface area contributed by atoms with Gasteiger partial charge < -0.3 is 9.73 Å². The first-order valence-corrected chi connectivity index (χ1v) is 11.6. The number of oxazole rings is 1. The molecule has 5 nitrogen and oxygen atoms in total. The lowest BCUT2D eigenvalue weighted by Crippen LogP contribution is -2.40. The molecule has 0 radical (unpaired) electrons. The molecule has 0 atom stereocenters. The summed E-state index contributed by atoms with van der Waals surface area (Å²) in [5, 5.41) is 3.11. The van der Waals surface area contributed by atoms with Crippen LogP contribution in [0.2, 0.25) is 0 Å². The van der Waals surface area contributed by atoms with E-state index in [1.807, 2.05) is 6.92 Å². The number of carbonyl (C=O) groups excluding carboxylic acids is 1. The Bertz CT molecular complexity index is 1030. The topological polar surface area (TPSA) is 58.4 Å². The summed E-state index contributed by atoms with van der Waals surface area (Å²) >= 11 is 0. The quantitative estimate of drug-likeness (QED) is 0.569. The maximum absolute atomic E-state index is 12.6. The van der Waals surface area contributed by atoms with E-state index in [9.17, 15) is 4.79 Å². The number of carbonyl (C=O) groups is 1. The van der Waals surface area contributed by atoms with Crippen LogP contribution < -0.4 is 5.32 Å². The summed E-state index contributed by atoms with van der Waals surface area (Å²) < 4.78 is 5.95. The summed E-state index contributed by atoms with van der Waals surface area (Å²) in [7, 11) is 0. The van der Waals surface area contributed by atoms with E-state index in [2.05, 4.69) is 72.6 Å². The fourth-order valence-electron chi connectivity index (χ4n) is 4.19. The number of nitrogens with one attached hydrogen (secondary N) is 1. The minimum Gasteiger partial charge on any atom is -0.441 e. The first-order chi connectivity index (χ1) is 15.5. The van der Waals surface area contributed by atoms with Gasteiger partial charge >= 0.3 is 0 Å². The van der Waals surface area contributed by atoms with Crippen LogP contribution in [0, 0.1) is 19.8 Å². The van der Waals surface area contributed by atoms with Crippen LogP contribution in [0.3, 0.4) is 0 Å². The van der Waals surface area contributed by atoms with Crippen LogP contribution in [0.15, 0.2) is 52.9 Å². The van der Waals surface area contributed by atoms with E-state index in [1.54, 1.807) is 0 Å². The molecule has 1 saturated heterocycles. The SMILES string of the molecule is CCc1ccc(-c2nc(CN3CCC(C(=O)NCc4ccc(C)cc4)CC3)c(C)o2)cc1. The largest absolute Gasteiger partial charge is 0.441 e. The predicted octanol–water partition coefficient (Wildman–Crippen LogP) is 5.05. The van der Waals surface area contributed by atoms with E-state index in [-0.39, 0.29) is 11.8 Å². The van der Waals surface area contributed by atoms with Crippen molar-refractivity contribution in [3.8, 4) is 11.5 Å². The number of amides is 1. The highest BCUT2D eigenvalue weighted by Crippen LogP contribution is 2.25. The number of hydrogen-bond donors (Lipinski definition) is 1. The molecular formula is C27H33N3O2. The Hall–Kier alpha value is -2.92. The van der Waals surface area contributed by atoms with Gasteiger partial charge in [0.25, 0.3) is 0 Å². The second-order valence-electron chi connectivity index (χ2n) is 8.83. The van der Waals surface area contributed by atoms with Crippen molar-refractivity contribution >= 4 is 5.91 Å². The van der Waals surface area contributed by atoms with Crippen LogP contribution in [0.4, 0.5) is 0 Å². The molecule has 0 unspecified atom stereocenters. The van der Waals surface area contributed by atoms with Gasteiger partial charge in [-0.1, -0.05) is 48.9 Å². The summed E-state index contributed by atoms with van der Waals surface area (Å²) in [6.07, 6.45) is 2.78. The number of benzene rings is 2. The van der Waals surface area contributed by atoms with E-state index in [0.717, 1.165) is 61.5 Å². The lowest BCUT2D eigenvalue weighted by atomic mass is 9.95. The van der Waals surface area contributed by atoms with Crippen LogP contribution in [0.1, 0.15) is 47.9 Å². The molecule has 168 valence electrons.